The summed E-state index contributed by atoms with van der Waals surface area (Å²) in [5, 5.41) is 3.58. The van der Waals surface area contributed by atoms with Crippen LogP contribution in [0, 0.1) is 11.3 Å². The maximum absolute atomic E-state index is 11.5. The van der Waals surface area contributed by atoms with Crippen molar-refractivity contribution in [2.45, 2.75) is 59.4 Å². The minimum atomic E-state index is -2.80. The largest absolute Gasteiger partial charge is 0.314 e. The Morgan fingerprint density at radius 3 is 2.33 bits per heavy atom. The summed E-state index contributed by atoms with van der Waals surface area (Å²) in [5.74, 6) is 1.18. The van der Waals surface area contributed by atoms with Crippen LogP contribution < -0.4 is 5.32 Å². The van der Waals surface area contributed by atoms with Crippen LogP contribution in [0.15, 0.2) is 0 Å². The van der Waals surface area contributed by atoms with Crippen LogP contribution in [0.25, 0.3) is 0 Å². The summed E-state index contributed by atoms with van der Waals surface area (Å²) in [4.78, 5) is 0. The van der Waals surface area contributed by atoms with E-state index in [4.69, 9.17) is 0 Å². The molecule has 0 aromatic heterocycles. The molecule has 1 rings (SSSR count). The second-order valence-electron chi connectivity index (χ2n) is 6.62. The van der Waals surface area contributed by atoms with Crippen molar-refractivity contribution in [2.24, 2.45) is 11.3 Å². The van der Waals surface area contributed by atoms with Crippen molar-refractivity contribution < 1.29 is 8.42 Å². The van der Waals surface area contributed by atoms with Gasteiger partial charge in [0.2, 0.25) is 0 Å². The minimum Gasteiger partial charge on any atom is -0.314 e. The zero-order valence-electron chi connectivity index (χ0n) is 12.3. The van der Waals surface area contributed by atoms with Crippen molar-refractivity contribution in [1.29, 1.82) is 0 Å². The second-order valence-corrected chi connectivity index (χ2v) is 9.10. The molecule has 1 fully saturated rings. The van der Waals surface area contributed by atoms with E-state index in [1.54, 1.807) is 6.92 Å². The first kappa shape index (κ1) is 16.0. The molecule has 3 nitrogen and oxygen atoms in total. The molecule has 1 saturated carbocycles. The lowest BCUT2D eigenvalue weighted by Crippen LogP contribution is -2.33. The van der Waals surface area contributed by atoms with Gasteiger partial charge in [0.15, 0.2) is 0 Å². The van der Waals surface area contributed by atoms with E-state index in [0.29, 0.717) is 11.7 Å². The third kappa shape index (κ3) is 6.19. The van der Waals surface area contributed by atoms with Crippen molar-refractivity contribution >= 4 is 9.84 Å². The molecule has 0 bridgehead atoms. The molecule has 18 heavy (non-hydrogen) atoms. The summed E-state index contributed by atoms with van der Waals surface area (Å²) in [6.07, 6.45) is 4.41. The zero-order valence-corrected chi connectivity index (χ0v) is 13.1. The lowest BCUT2D eigenvalue weighted by atomic mass is 9.78. The van der Waals surface area contributed by atoms with Crippen LogP contribution in [0.4, 0.5) is 0 Å². The van der Waals surface area contributed by atoms with E-state index in [2.05, 4.69) is 26.1 Å². The predicted molar refractivity (Wildman–Crippen MR) is 77.5 cm³/mol. The fourth-order valence-corrected chi connectivity index (χ4v) is 3.03. The van der Waals surface area contributed by atoms with Crippen LogP contribution in [0.3, 0.4) is 0 Å². The van der Waals surface area contributed by atoms with Crippen molar-refractivity contribution in [1.82, 2.24) is 5.32 Å². The first-order chi connectivity index (χ1) is 8.24. The van der Waals surface area contributed by atoms with Crippen LogP contribution >= 0.6 is 0 Å². The fraction of sp³-hybridized carbons (Fsp3) is 1.00. The van der Waals surface area contributed by atoms with E-state index in [1.807, 2.05) is 0 Å². The SMILES string of the molecule is CCS(=O)(=O)CCCC(CNC1CC1)C(C)(C)C. The normalized spacial score (nSPS) is 18.9. The predicted octanol–water partition coefficient (Wildman–Crippen LogP) is 2.62. The molecule has 0 radical (unpaired) electrons. The Morgan fingerprint density at radius 2 is 1.89 bits per heavy atom. The summed E-state index contributed by atoms with van der Waals surface area (Å²) < 4.78 is 23.0. The van der Waals surface area contributed by atoms with Gasteiger partial charge in [-0.2, -0.15) is 0 Å². The highest BCUT2D eigenvalue weighted by molar-refractivity contribution is 7.91. The van der Waals surface area contributed by atoms with Gasteiger partial charge in [-0.1, -0.05) is 27.7 Å². The number of hydrogen-bond donors (Lipinski definition) is 1. The Morgan fingerprint density at radius 1 is 1.28 bits per heavy atom. The average molecular weight is 275 g/mol. The van der Waals surface area contributed by atoms with Gasteiger partial charge in [0.05, 0.1) is 5.75 Å². The van der Waals surface area contributed by atoms with E-state index in [-0.39, 0.29) is 11.2 Å². The summed E-state index contributed by atoms with van der Waals surface area (Å²) in [5.41, 5.74) is 0.248. The van der Waals surface area contributed by atoms with Gasteiger partial charge < -0.3 is 5.32 Å². The van der Waals surface area contributed by atoms with Crippen LogP contribution in [0.1, 0.15) is 53.4 Å². The topological polar surface area (TPSA) is 46.2 Å². The molecular weight excluding hydrogens is 246 g/mol. The first-order valence-electron chi connectivity index (χ1n) is 7.18. The number of hydrogen-bond acceptors (Lipinski definition) is 3. The molecule has 1 unspecified atom stereocenters. The molecule has 1 aliphatic carbocycles. The van der Waals surface area contributed by atoms with Gasteiger partial charge in [0, 0.05) is 11.8 Å². The second kappa shape index (κ2) is 6.38. The highest BCUT2D eigenvalue weighted by Gasteiger charge is 2.28. The molecule has 0 heterocycles. The Kier molecular flexibility index (Phi) is 5.66. The lowest BCUT2D eigenvalue weighted by molar-refractivity contribution is 0.217. The van der Waals surface area contributed by atoms with E-state index >= 15 is 0 Å². The standard InChI is InChI=1S/C14H29NO2S/c1-5-18(16,17)10-6-7-12(14(2,3)4)11-15-13-8-9-13/h12-13,15H,5-11H2,1-4H3. The Balaban J connectivity index is 2.35. The fourth-order valence-electron chi connectivity index (χ4n) is 2.13. The van der Waals surface area contributed by atoms with Gasteiger partial charge in [0.1, 0.15) is 9.84 Å². The van der Waals surface area contributed by atoms with Crippen molar-refractivity contribution in [2.75, 3.05) is 18.1 Å². The maximum Gasteiger partial charge on any atom is 0.150 e. The lowest BCUT2D eigenvalue weighted by Gasteiger charge is -2.31. The summed E-state index contributed by atoms with van der Waals surface area (Å²) in [6.45, 7) is 9.51. The molecule has 0 aromatic carbocycles. The molecule has 0 spiro atoms. The third-order valence-electron chi connectivity index (χ3n) is 3.90. The van der Waals surface area contributed by atoms with Crippen molar-refractivity contribution in [3.8, 4) is 0 Å². The maximum atomic E-state index is 11.5. The van der Waals surface area contributed by atoms with Gasteiger partial charge >= 0.3 is 0 Å². The van der Waals surface area contributed by atoms with Gasteiger partial charge in [-0.05, 0) is 43.6 Å². The monoisotopic (exact) mass is 275 g/mol. The van der Waals surface area contributed by atoms with Crippen LogP contribution in [0.5, 0.6) is 0 Å². The van der Waals surface area contributed by atoms with E-state index in [1.165, 1.54) is 12.8 Å². The number of nitrogens with one attached hydrogen (secondary N) is 1. The molecule has 0 amide bonds. The van der Waals surface area contributed by atoms with Crippen molar-refractivity contribution in [3.05, 3.63) is 0 Å². The summed E-state index contributed by atoms with van der Waals surface area (Å²) >= 11 is 0. The van der Waals surface area contributed by atoms with Gasteiger partial charge in [0.25, 0.3) is 0 Å². The number of sulfone groups is 1. The van der Waals surface area contributed by atoms with Gasteiger partial charge in [-0.15, -0.1) is 0 Å². The molecule has 1 atom stereocenters. The van der Waals surface area contributed by atoms with Crippen LogP contribution in [-0.4, -0.2) is 32.5 Å². The highest BCUT2D eigenvalue weighted by Crippen LogP contribution is 2.30. The van der Waals surface area contributed by atoms with Gasteiger partial charge in [-0.25, -0.2) is 8.42 Å². The van der Waals surface area contributed by atoms with Crippen molar-refractivity contribution in [3.63, 3.8) is 0 Å². The molecule has 4 heteroatoms. The zero-order chi connectivity index (χ0) is 13.8. The molecule has 0 saturated heterocycles. The van der Waals surface area contributed by atoms with E-state index in [0.717, 1.165) is 25.4 Å². The molecule has 1 N–H and O–H groups in total. The van der Waals surface area contributed by atoms with Gasteiger partial charge in [-0.3, -0.25) is 0 Å². The summed E-state index contributed by atoms with van der Waals surface area (Å²) in [7, 11) is -2.80. The molecule has 0 aromatic rings. The average Bonchev–Trinajstić information content (AvgIpc) is 3.05. The molecular formula is C14H29NO2S. The summed E-state index contributed by atoms with van der Waals surface area (Å²) in [6, 6.07) is 0.731. The minimum absolute atomic E-state index is 0.248. The quantitative estimate of drug-likeness (QED) is 0.740. The Labute approximate surface area is 113 Å². The molecule has 1 aliphatic rings. The molecule has 108 valence electrons. The number of rotatable bonds is 8. The van der Waals surface area contributed by atoms with Crippen LogP contribution in [-0.2, 0) is 9.84 Å². The van der Waals surface area contributed by atoms with E-state index < -0.39 is 9.84 Å². The first-order valence-corrected chi connectivity index (χ1v) is 9.00. The third-order valence-corrected chi connectivity index (χ3v) is 5.69. The smallest absolute Gasteiger partial charge is 0.150 e. The van der Waals surface area contributed by atoms with E-state index in [9.17, 15) is 8.42 Å². The molecule has 0 aliphatic heterocycles. The highest BCUT2D eigenvalue weighted by atomic mass is 32.2. The Hall–Kier alpha value is -0.0900. The Bertz CT molecular complexity index is 339. The van der Waals surface area contributed by atoms with Crippen LogP contribution in [0.2, 0.25) is 0 Å².